The summed E-state index contributed by atoms with van der Waals surface area (Å²) in [5.41, 5.74) is 1.36. The van der Waals surface area contributed by atoms with Crippen molar-refractivity contribution in [1.29, 1.82) is 0 Å². The molecule has 0 bridgehead atoms. The van der Waals surface area contributed by atoms with Crippen molar-refractivity contribution in [3.63, 3.8) is 0 Å². The summed E-state index contributed by atoms with van der Waals surface area (Å²) >= 11 is 0. The van der Waals surface area contributed by atoms with Crippen molar-refractivity contribution in [2.24, 2.45) is 7.05 Å². The van der Waals surface area contributed by atoms with Crippen LogP contribution in [0.2, 0.25) is 0 Å². The van der Waals surface area contributed by atoms with E-state index in [-0.39, 0.29) is 12.5 Å². The number of hydrogen-bond acceptors (Lipinski definition) is 7. The largest absolute Gasteiger partial charge is 0.453 e. The number of rotatable bonds is 9. The highest BCUT2D eigenvalue weighted by molar-refractivity contribution is 6.47. The Labute approximate surface area is 242 Å². The molecule has 41 heavy (non-hydrogen) atoms. The lowest BCUT2D eigenvalue weighted by Crippen LogP contribution is -2.51. The molecule has 0 saturated carbocycles. The Hall–Kier alpha value is -3.19. The van der Waals surface area contributed by atoms with Gasteiger partial charge in [0.2, 0.25) is 0 Å². The minimum Gasteiger partial charge on any atom is -0.453 e. The van der Waals surface area contributed by atoms with E-state index in [4.69, 9.17) is 18.9 Å². The van der Waals surface area contributed by atoms with Crippen LogP contribution in [0.4, 0.5) is 4.79 Å². The van der Waals surface area contributed by atoms with Crippen LogP contribution in [0.15, 0.2) is 42.6 Å². The van der Waals surface area contributed by atoms with E-state index in [1.807, 2.05) is 55.9 Å². The van der Waals surface area contributed by atoms with Gasteiger partial charge in [-0.05, 0) is 40.2 Å². The number of carbonyl (C=O) groups is 2. The van der Waals surface area contributed by atoms with Crippen molar-refractivity contribution in [1.82, 2.24) is 15.2 Å². The topological polar surface area (TPSA) is 126 Å². The van der Waals surface area contributed by atoms with Gasteiger partial charge in [0, 0.05) is 12.0 Å². The van der Waals surface area contributed by atoms with Crippen molar-refractivity contribution in [3.05, 3.63) is 48.4 Å². The molecule has 4 rings (SSSR count). The average Bonchev–Trinajstić information content (AvgIpc) is 3.63. The second-order valence-corrected chi connectivity index (χ2v) is 11.8. The first-order chi connectivity index (χ1) is 19.2. The zero-order chi connectivity index (χ0) is 30.2. The fraction of sp³-hybridized carbons (Fsp3) is 0.552. The Bertz CT molecular complexity index is 1280. The predicted molar refractivity (Wildman–Crippen MR) is 152 cm³/mol. The number of nitrogens with zero attached hydrogens (tertiary/aromatic N) is 2. The molecule has 2 atom stereocenters. The number of benzene rings is 1. The fourth-order valence-corrected chi connectivity index (χ4v) is 4.85. The number of aromatic nitrogens is 2. The summed E-state index contributed by atoms with van der Waals surface area (Å²) in [6.45, 7) is 13.8. The zero-order valence-corrected chi connectivity index (χ0v) is 24.9. The lowest BCUT2D eigenvalue weighted by atomic mass is 9.82. The van der Waals surface area contributed by atoms with Crippen molar-refractivity contribution in [3.8, 4) is 11.3 Å². The average molecular weight is 568 g/mol. The summed E-state index contributed by atoms with van der Waals surface area (Å²) in [4.78, 5) is 31.0. The maximum atomic E-state index is 13.8. The van der Waals surface area contributed by atoms with Crippen molar-refractivity contribution >= 4 is 24.9 Å². The summed E-state index contributed by atoms with van der Waals surface area (Å²) in [5, 5.41) is 12.9. The maximum Gasteiger partial charge on any atom is 0.407 e. The Kier molecular flexibility index (Phi) is 8.70. The van der Waals surface area contributed by atoms with Crippen molar-refractivity contribution < 1.29 is 38.1 Å². The zero-order valence-electron chi connectivity index (χ0n) is 24.9. The Morgan fingerprint density at radius 3 is 2.44 bits per heavy atom. The fourth-order valence-electron chi connectivity index (χ4n) is 4.85. The van der Waals surface area contributed by atoms with Gasteiger partial charge < -0.3 is 34.2 Å². The lowest BCUT2D eigenvalue weighted by molar-refractivity contribution is -0.680. The SMILES string of the molecule is C=C(C)C(NC(=O)OC)C(=O)N1CC2(CC1c1[nH]c(-c3ccc([B]OC(C)(C)C(C)(C)O)cc3)c[n+]1C)OCCO2. The van der Waals surface area contributed by atoms with Crippen molar-refractivity contribution in [2.45, 2.75) is 70.1 Å². The standard InChI is InChI=1S/C29H40BN4O7/c1-18(2)23(32-26(36)38-8)25(35)34-17-29(39-13-14-40-29)15-22(34)24-31-21(16-33(24)7)19-9-11-20(12-10-19)30-41-28(5,6)27(3,4)37/h9-12,16,22-23,37H,1,13-15,17H2,2-8H3,(H,32,36)/p+1. The number of carbonyl (C=O) groups excluding carboxylic acids is 2. The van der Waals surface area contributed by atoms with Crippen LogP contribution in [0.5, 0.6) is 0 Å². The number of aryl methyl sites for hydroxylation is 1. The molecule has 2 aliphatic rings. The van der Waals surface area contributed by atoms with Crippen LogP contribution in [-0.4, -0.2) is 84.4 Å². The van der Waals surface area contributed by atoms with Gasteiger partial charge in [-0.2, -0.15) is 0 Å². The molecule has 2 amide bonds. The third-order valence-electron chi connectivity index (χ3n) is 8.04. The quantitative estimate of drug-likeness (QED) is 0.239. The number of likely N-dealkylation sites (tertiary alicyclic amines) is 1. The first-order valence-corrected chi connectivity index (χ1v) is 13.7. The Balaban J connectivity index is 1.58. The van der Waals surface area contributed by atoms with Gasteiger partial charge in [-0.3, -0.25) is 4.79 Å². The van der Waals surface area contributed by atoms with Crippen molar-refractivity contribution in [2.75, 3.05) is 26.9 Å². The van der Waals surface area contributed by atoms with Gasteiger partial charge >= 0.3 is 13.6 Å². The highest BCUT2D eigenvalue weighted by atomic mass is 16.7. The summed E-state index contributed by atoms with van der Waals surface area (Å²) in [6.07, 6.45) is 1.68. The van der Waals surface area contributed by atoms with E-state index in [1.165, 1.54) is 7.11 Å². The van der Waals surface area contributed by atoms with Crippen LogP contribution < -0.4 is 15.3 Å². The molecule has 2 aliphatic heterocycles. The second-order valence-electron chi connectivity index (χ2n) is 11.8. The number of amides is 2. The number of H-pyrrole nitrogens is 1. The highest BCUT2D eigenvalue weighted by Gasteiger charge is 2.54. The summed E-state index contributed by atoms with van der Waals surface area (Å²) < 4.78 is 24.5. The minimum absolute atomic E-state index is 0.211. The van der Waals surface area contributed by atoms with Crippen LogP contribution in [0.1, 0.15) is 52.9 Å². The first kappa shape index (κ1) is 30.8. The van der Waals surface area contributed by atoms with Gasteiger partial charge in [0.05, 0.1) is 45.1 Å². The van der Waals surface area contributed by atoms with E-state index in [2.05, 4.69) is 16.9 Å². The molecule has 1 aromatic carbocycles. The van der Waals surface area contributed by atoms with Gasteiger partial charge in [-0.15, -0.1) is 0 Å². The molecule has 2 fully saturated rings. The third-order valence-corrected chi connectivity index (χ3v) is 8.04. The highest BCUT2D eigenvalue weighted by Crippen LogP contribution is 2.42. The third kappa shape index (κ3) is 6.51. The predicted octanol–water partition coefficient (Wildman–Crippen LogP) is 1.63. The maximum absolute atomic E-state index is 13.8. The number of aromatic amines is 1. The van der Waals surface area contributed by atoms with E-state index < -0.39 is 35.2 Å². The molecular weight excluding hydrogens is 527 g/mol. The summed E-state index contributed by atoms with van der Waals surface area (Å²) in [5.74, 6) is -0.458. The van der Waals surface area contributed by atoms with E-state index in [0.717, 1.165) is 22.5 Å². The Morgan fingerprint density at radius 2 is 1.88 bits per heavy atom. The van der Waals surface area contributed by atoms with Crippen LogP contribution in [0.25, 0.3) is 11.3 Å². The lowest BCUT2D eigenvalue weighted by Gasteiger charge is -2.37. The van der Waals surface area contributed by atoms with Crippen LogP contribution in [0, 0.1) is 0 Å². The van der Waals surface area contributed by atoms with Gasteiger partial charge in [0.25, 0.3) is 11.7 Å². The molecule has 0 aliphatic carbocycles. The van der Waals surface area contributed by atoms with E-state index >= 15 is 0 Å². The van der Waals surface area contributed by atoms with Gasteiger partial charge in [0.15, 0.2) is 11.5 Å². The van der Waals surface area contributed by atoms with Gasteiger partial charge in [-0.25, -0.2) is 14.3 Å². The van der Waals surface area contributed by atoms with Crippen LogP contribution in [-0.2, 0) is 30.7 Å². The summed E-state index contributed by atoms with van der Waals surface area (Å²) in [7, 11) is 4.81. The normalized spacial score (nSPS) is 19.3. The molecule has 3 heterocycles. The number of ether oxygens (including phenoxy) is 3. The number of methoxy groups -OCH3 is 1. The van der Waals surface area contributed by atoms with E-state index in [0.29, 0.717) is 25.2 Å². The molecule has 3 N–H and O–H groups in total. The summed E-state index contributed by atoms with van der Waals surface area (Å²) in [6, 6.07) is 6.45. The molecule has 2 aromatic rings. The molecular formula is C29H41BN4O7+. The molecule has 1 aromatic heterocycles. The number of nitrogens with one attached hydrogen (secondary N) is 2. The first-order valence-electron chi connectivity index (χ1n) is 13.7. The molecule has 1 radical (unpaired) electrons. The molecule has 12 heteroatoms. The number of alkyl carbamates (subject to hydrolysis) is 1. The number of imidazole rings is 1. The second kappa shape index (κ2) is 11.6. The minimum atomic E-state index is -1.01. The number of aliphatic hydroxyl groups is 1. The smallest absolute Gasteiger partial charge is 0.407 e. The molecule has 2 unspecified atom stereocenters. The number of hydrogen-bond donors (Lipinski definition) is 3. The van der Waals surface area contributed by atoms with Crippen LogP contribution in [0.3, 0.4) is 0 Å². The van der Waals surface area contributed by atoms with E-state index in [9.17, 15) is 14.7 Å². The van der Waals surface area contributed by atoms with Gasteiger partial charge in [-0.1, -0.05) is 36.3 Å². The monoisotopic (exact) mass is 568 g/mol. The molecule has 11 nitrogen and oxygen atoms in total. The van der Waals surface area contributed by atoms with Gasteiger partial charge in [0.1, 0.15) is 18.3 Å². The van der Waals surface area contributed by atoms with Crippen LogP contribution >= 0.6 is 0 Å². The Morgan fingerprint density at radius 1 is 1.24 bits per heavy atom. The molecule has 2 saturated heterocycles. The molecule has 221 valence electrons. The molecule has 1 spiro atoms. The van der Waals surface area contributed by atoms with E-state index in [1.54, 1.807) is 33.2 Å².